The molecule has 2 aromatic heterocycles. The van der Waals surface area contributed by atoms with Crippen molar-refractivity contribution in [2.45, 2.75) is 32.6 Å². The molecule has 3 heterocycles. The summed E-state index contributed by atoms with van der Waals surface area (Å²) in [5, 5.41) is 12.3. The van der Waals surface area contributed by atoms with E-state index in [1.807, 2.05) is 35.9 Å². The zero-order valence-corrected chi connectivity index (χ0v) is 13.5. The number of hydrogen-bond donors (Lipinski definition) is 0. The quantitative estimate of drug-likeness (QED) is 0.725. The van der Waals surface area contributed by atoms with Crippen LogP contribution < -0.4 is 4.74 Å². The van der Waals surface area contributed by atoms with Gasteiger partial charge >= 0.3 is 0 Å². The highest BCUT2D eigenvalue weighted by Gasteiger charge is 2.27. The normalized spacial score (nSPS) is 16.8. The lowest BCUT2D eigenvalue weighted by atomic mass is 10.1. The lowest BCUT2D eigenvalue weighted by Crippen LogP contribution is -2.22. The average molecular weight is 327 g/mol. The van der Waals surface area contributed by atoms with Crippen molar-refractivity contribution in [1.82, 2.24) is 25.1 Å². The number of rotatable bonds is 4. The van der Waals surface area contributed by atoms with Crippen LogP contribution in [0.1, 0.15) is 30.1 Å². The van der Waals surface area contributed by atoms with Crippen LogP contribution in [0, 0.1) is 0 Å². The monoisotopic (exact) mass is 327 g/mol. The largest absolute Gasteiger partial charge is 0.497 e. The van der Waals surface area contributed by atoms with Crippen molar-refractivity contribution in [1.29, 1.82) is 0 Å². The van der Waals surface area contributed by atoms with E-state index in [0.29, 0.717) is 37.0 Å². The molecule has 0 N–H and O–H groups in total. The first kappa shape index (κ1) is 14.8. The molecular weight excluding hydrogens is 310 g/mol. The van der Waals surface area contributed by atoms with Crippen LogP contribution in [0.2, 0.25) is 0 Å². The molecule has 8 nitrogen and oxygen atoms in total. The van der Waals surface area contributed by atoms with Gasteiger partial charge in [0.05, 0.1) is 26.0 Å². The molecule has 8 heteroatoms. The molecule has 3 aromatic rings. The Morgan fingerprint density at radius 3 is 2.83 bits per heavy atom. The Kier molecular flexibility index (Phi) is 3.73. The summed E-state index contributed by atoms with van der Waals surface area (Å²) in [7, 11) is 1.65. The first-order valence-electron chi connectivity index (χ1n) is 7.79. The van der Waals surface area contributed by atoms with Gasteiger partial charge in [-0.2, -0.15) is 4.98 Å². The Morgan fingerprint density at radius 1 is 1.29 bits per heavy atom. The Bertz CT molecular complexity index is 840. The number of methoxy groups -OCH3 is 1. The summed E-state index contributed by atoms with van der Waals surface area (Å²) >= 11 is 0. The van der Waals surface area contributed by atoms with Gasteiger partial charge in [0.15, 0.2) is 11.5 Å². The molecule has 0 saturated heterocycles. The molecule has 124 valence electrons. The fraction of sp³-hybridized carbons (Fsp3) is 0.375. The Labute approximate surface area is 138 Å². The predicted octanol–water partition coefficient (Wildman–Crippen LogP) is 2.17. The van der Waals surface area contributed by atoms with Gasteiger partial charge < -0.3 is 14.0 Å². The van der Waals surface area contributed by atoms with Gasteiger partial charge in [0.1, 0.15) is 11.9 Å². The smallest absolute Gasteiger partial charge is 0.280 e. The molecule has 0 radical (unpaired) electrons. The van der Waals surface area contributed by atoms with E-state index >= 15 is 0 Å². The standard InChI is InChI=1S/C16H17N5O3/c1-3-14-17-16(24-19-14)15-12-9-23-13(8-21(12)20-18-15)10-4-6-11(22-2)7-5-10/h4-7,13H,3,8-9H2,1-2H3/t13-/m0/s1. The molecule has 0 bridgehead atoms. The number of ether oxygens (including phenoxy) is 2. The predicted molar refractivity (Wildman–Crippen MR) is 83.2 cm³/mol. The van der Waals surface area contributed by atoms with Gasteiger partial charge in [0, 0.05) is 6.42 Å². The number of aromatic nitrogens is 5. The number of nitrogens with zero attached hydrogens (tertiary/aromatic N) is 5. The van der Waals surface area contributed by atoms with E-state index in [0.717, 1.165) is 17.0 Å². The van der Waals surface area contributed by atoms with Gasteiger partial charge in [-0.1, -0.05) is 29.4 Å². The zero-order chi connectivity index (χ0) is 16.5. The van der Waals surface area contributed by atoms with Crippen molar-refractivity contribution < 1.29 is 14.0 Å². The molecule has 24 heavy (non-hydrogen) atoms. The molecule has 0 fully saturated rings. The van der Waals surface area contributed by atoms with Crippen LogP contribution in [0.4, 0.5) is 0 Å². The highest BCUT2D eigenvalue weighted by Crippen LogP contribution is 2.30. The van der Waals surface area contributed by atoms with Crippen molar-refractivity contribution in [3.63, 3.8) is 0 Å². The van der Waals surface area contributed by atoms with E-state index in [2.05, 4.69) is 20.5 Å². The fourth-order valence-electron chi connectivity index (χ4n) is 2.69. The number of benzene rings is 1. The molecule has 0 amide bonds. The van der Waals surface area contributed by atoms with Crippen molar-refractivity contribution in [2.75, 3.05) is 7.11 Å². The summed E-state index contributed by atoms with van der Waals surface area (Å²) in [6, 6.07) is 7.84. The van der Waals surface area contributed by atoms with Crippen molar-refractivity contribution in [2.24, 2.45) is 0 Å². The second-order valence-electron chi connectivity index (χ2n) is 5.51. The van der Waals surface area contributed by atoms with Crippen molar-refractivity contribution in [3.05, 3.63) is 41.3 Å². The first-order chi connectivity index (χ1) is 11.8. The molecular formula is C16H17N5O3. The Balaban J connectivity index is 1.57. The summed E-state index contributed by atoms with van der Waals surface area (Å²) in [5.74, 6) is 1.86. The van der Waals surface area contributed by atoms with Crippen LogP contribution in [0.15, 0.2) is 28.8 Å². The van der Waals surface area contributed by atoms with Crippen LogP contribution in [0.5, 0.6) is 5.75 Å². The summed E-state index contributed by atoms with van der Waals surface area (Å²) in [6.07, 6.45) is 0.634. The van der Waals surface area contributed by atoms with Gasteiger partial charge in [-0.05, 0) is 17.7 Å². The summed E-state index contributed by atoms with van der Waals surface area (Å²) in [4.78, 5) is 4.31. The minimum atomic E-state index is -0.0770. The maximum atomic E-state index is 5.99. The number of hydrogen-bond acceptors (Lipinski definition) is 7. The van der Waals surface area contributed by atoms with Crippen LogP contribution in [-0.2, 0) is 24.3 Å². The molecule has 0 saturated carbocycles. The van der Waals surface area contributed by atoms with E-state index in [9.17, 15) is 0 Å². The zero-order valence-electron chi connectivity index (χ0n) is 13.5. The van der Waals surface area contributed by atoms with Crippen LogP contribution in [0.25, 0.3) is 11.6 Å². The summed E-state index contributed by atoms with van der Waals surface area (Å²) < 4.78 is 18.3. The third-order valence-corrected chi connectivity index (χ3v) is 4.07. The van der Waals surface area contributed by atoms with Crippen LogP contribution >= 0.6 is 0 Å². The molecule has 1 atom stereocenters. The third-order valence-electron chi connectivity index (χ3n) is 4.07. The molecule has 4 rings (SSSR count). The highest BCUT2D eigenvalue weighted by atomic mass is 16.5. The average Bonchev–Trinajstić information content (AvgIpc) is 3.27. The second kappa shape index (κ2) is 6.04. The van der Waals surface area contributed by atoms with Crippen LogP contribution in [0.3, 0.4) is 0 Å². The molecule has 1 aliphatic heterocycles. The van der Waals surface area contributed by atoms with Gasteiger partial charge in [-0.25, -0.2) is 4.68 Å². The molecule has 1 aliphatic rings. The lowest BCUT2D eigenvalue weighted by Gasteiger charge is -2.24. The van der Waals surface area contributed by atoms with E-state index in [1.54, 1.807) is 7.11 Å². The van der Waals surface area contributed by atoms with Crippen LogP contribution in [-0.4, -0.2) is 32.2 Å². The van der Waals surface area contributed by atoms with Gasteiger partial charge in [0.2, 0.25) is 0 Å². The van der Waals surface area contributed by atoms with E-state index in [4.69, 9.17) is 14.0 Å². The Hall–Kier alpha value is -2.74. The molecule has 1 aromatic carbocycles. The Morgan fingerprint density at radius 2 is 2.12 bits per heavy atom. The first-order valence-corrected chi connectivity index (χ1v) is 7.79. The fourth-order valence-corrected chi connectivity index (χ4v) is 2.69. The maximum Gasteiger partial charge on any atom is 0.280 e. The van der Waals surface area contributed by atoms with Gasteiger partial charge in [-0.3, -0.25) is 0 Å². The maximum absolute atomic E-state index is 5.99. The van der Waals surface area contributed by atoms with E-state index in [-0.39, 0.29) is 6.10 Å². The lowest BCUT2D eigenvalue weighted by molar-refractivity contribution is -0.00119. The van der Waals surface area contributed by atoms with Crippen molar-refractivity contribution in [3.8, 4) is 17.3 Å². The molecule has 0 spiro atoms. The minimum absolute atomic E-state index is 0.0770. The number of aryl methyl sites for hydroxylation is 1. The van der Waals surface area contributed by atoms with Gasteiger partial charge in [0.25, 0.3) is 5.89 Å². The summed E-state index contributed by atoms with van der Waals surface area (Å²) in [6.45, 7) is 2.95. The second-order valence-corrected chi connectivity index (χ2v) is 5.51. The molecule has 0 aliphatic carbocycles. The highest BCUT2D eigenvalue weighted by molar-refractivity contribution is 5.49. The van der Waals surface area contributed by atoms with Gasteiger partial charge in [-0.15, -0.1) is 5.10 Å². The minimum Gasteiger partial charge on any atom is -0.497 e. The summed E-state index contributed by atoms with van der Waals surface area (Å²) in [5.41, 5.74) is 2.52. The molecule has 0 unspecified atom stereocenters. The van der Waals surface area contributed by atoms with E-state index in [1.165, 1.54) is 0 Å². The van der Waals surface area contributed by atoms with Crippen molar-refractivity contribution >= 4 is 0 Å². The third kappa shape index (κ3) is 2.54. The SMILES string of the molecule is CCc1noc(-c2nnn3c2CO[C@H](c2ccc(OC)cc2)C3)n1. The number of fused-ring (bicyclic) bond motifs is 1. The topological polar surface area (TPSA) is 88.1 Å². The van der Waals surface area contributed by atoms with E-state index < -0.39 is 0 Å².